The third-order valence-electron chi connectivity index (χ3n) is 2.83. The summed E-state index contributed by atoms with van der Waals surface area (Å²) >= 11 is 7.53. The van der Waals surface area contributed by atoms with Gasteiger partial charge >= 0.3 is 0 Å². The van der Waals surface area contributed by atoms with Crippen molar-refractivity contribution >= 4 is 29.2 Å². The number of nitrogens with zero attached hydrogens (tertiary/aromatic N) is 2. The Balaban J connectivity index is 2.09. The van der Waals surface area contributed by atoms with E-state index >= 15 is 0 Å². The van der Waals surface area contributed by atoms with Crippen molar-refractivity contribution in [3.8, 4) is 0 Å². The highest BCUT2D eigenvalue weighted by Gasteiger charge is 2.07. The van der Waals surface area contributed by atoms with Gasteiger partial charge in [-0.05, 0) is 37.6 Å². The summed E-state index contributed by atoms with van der Waals surface area (Å²) in [6, 6.07) is 7.74. The molecule has 2 N–H and O–H groups in total. The van der Waals surface area contributed by atoms with Gasteiger partial charge in [0.15, 0.2) is 0 Å². The molecule has 0 atom stereocenters. The average molecular weight is 294 g/mol. The summed E-state index contributed by atoms with van der Waals surface area (Å²) in [7, 11) is 0. The lowest BCUT2D eigenvalue weighted by molar-refractivity contribution is 0.947. The van der Waals surface area contributed by atoms with Crippen molar-refractivity contribution in [2.75, 3.05) is 5.73 Å². The van der Waals surface area contributed by atoms with Crippen molar-refractivity contribution in [2.24, 2.45) is 0 Å². The summed E-state index contributed by atoms with van der Waals surface area (Å²) in [6.07, 6.45) is 0.863. The van der Waals surface area contributed by atoms with E-state index in [1.165, 1.54) is 0 Å². The fraction of sp³-hybridized carbons (Fsp3) is 0.286. The lowest BCUT2D eigenvalue weighted by Gasteiger charge is -2.08. The van der Waals surface area contributed by atoms with Crippen LogP contribution in [0.25, 0.3) is 0 Å². The van der Waals surface area contributed by atoms with Gasteiger partial charge in [-0.25, -0.2) is 9.97 Å². The summed E-state index contributed by atoms with van der Waals surface area (Å²) in [5, 5.41) is 0.744. The van der Waals surface area contributed by atoms with Crippen LogP contribution >= 0.6 is 23.4 Å². The van der Waals surface area contributed by atoms with Crippen molar-refractivity contribution < 1.29 is 0 Å². The van der Waals surface area contributed by atoms with Crippen molar-refractivity contribution in [3.63, 3.8) is 0 Å². The van der Waals surface area contributed by atoms with Crippen LogP contribution in [0.5, 0.6) is 0 Å². The SMILES string of the molecule is CCc1c(C)nc(CSc2ccc(Cl)cc2)nc1N. The van der Waals surface area contributed by atoms with Crippen molar-refractivity contribution in [3.05, 3.63) is 46.4 Å². The van der Waals surface area contributed by atoms with Gasteiger partial charge in [0, 0.05) is 21.2 Å². The Labute approximate surface area is 122 Å². The second kappa shape index (κ2) is 6.26. The normalized spacial score (nSPS) is 10.7. The van der Waals surface area contributed by atoms with Crippen molar-refractivity contribution in [1.29, 1.82) is 0 Å². The monoisotopic (exact) mass is 293 g/mol. The highest BCUT2D eigenvalue weighted by Crippen LogP contribution is 2.24. The number of benzene rings is 1. The summed E-state index contributed by atoms with van der Waals surface area (Å²) in [6.45, 7) is 4.04. The van der Waals surface area contributed by atoms with Gasteiger partial charge in [0.05, 0.1) is 5.75 Å². The van der Waals surface area contributed by atoms with E-state index in [9.17, 15) is 0 Å². The third-order valence-corrected chi connectivity index (χ3v) is 4.09. The van der Waals surface area contributed by atoms with Gasteiger partial charge in [-0.1, -0.05) is 18.5 Å². The minimum Gasteiger partial charge on any atom is -0.383 e. The van der Waals surface area contributed by atoms with E-state index in [-0.39, 0.29) is 0 Å². The molecule has 100 valence electrons. The molecule has 0 saturated carbocycles. The number of hydrogen-bond acceptors (Lipinski definition) is 4. The summed E-state index contributed by atoms with van der Waals surface area (Å²) in [5.41, 5.74) is 7.96. The molecular weight excluding hydrogens is 278 g/mol. The van der Waals surface area contributed by atoms with E-state index in [1.54, 1.807) is 11.8 Å². The highest BCUT2D eigenvalue weighted by molar-refractivity contribution is 7.98. The molecule has 1 heterocycles. The maximum Gasteiger partial charge on any atom is 0.141 e. The number of rotatable bonds is 4. The fourth-order valence-corrected chi connectivity index (χ4v) is 2.74. The topological polar surface area (TPSA) is 51.8 Å². The molecule has 0 saturated heterocycles. The minimum atomic E-state index is 0.599. The van der Waals surface area contributed by atoms with Gasteiger partial charge < -0.3 is 5.73 Å². The molecule has 2 rings (SSSR count). The number of halogens is 1. The molecule has 5 heteroatoms. The number of aromatic nitrogens is 2. The number of anilines is 1. The molecule has 1 aromatic carbocycles. The third kappa shape index (κ3) is 3.61. The van der Waals surface area contributed by atoms with Crippen molar-refractivity contribution in [2.45, 2.75) is 30.9 Å². The predicted molar refractivity (Wildman–Crippen MR) is 81.6 cm³/mol. The maximum atomic E-state index is 5.94. The minimum absolute atomic E-state index is 0.599. The zero-order valence-corrected chi connectivity index (χ0v) is 12.6. The molecule has 0 radical (unpaired) electrons. The van der Waals surface area contributed by atoms with Gasteiger partial charge in [0.25, 0.3) is 0 Å². The molecule has 0 bridgehead atoms. The zero-order valence-electron chi connectivity index (χ0n) is 11.0. The van der Waals surface area contributed by atoms with Crippen LogP contribution in [0.15, 0.2) is 29.2 Å². The fourth-order valence-electron chi connectivity index (χ4n) is 1.86. The first-order valence-electron chi connectivity index (χ1n) is 6.10. The molecule has 0 unspecified atom stereocenters. The molecule has 19 heavy (non-hydrogen) atoms. The number of hydrogen-bond donors (Lipinski definition) is 1. The van der Waals surface area contributed by atoms with Crippen LogP contribution in [0.2, 0.25) is 5.02 Å². The molecule has 1 aromatic heterocycles. The largest absolute Gasteiger partial charge is 0.383 e. The van der Waals surface area contributed by atoms with E-state index < -0.39 is 0 Å². The van der Waals surface area contributed by atoms with Crippen LogP contribution in [0, 0.1) is 6.92 Å². The number of thioether (sulfide) groups is 1. The molecule has 0 aliphatic carbocycles. The van der Waals surface area contributed by atoms with Gasteiger partial charge in [-0.15, -0.1) is 11.8 Å². The van der Waals surface area contributed by atoms with Crippen LogP contribution in [0.4, 0.5) is 5.82 Å². The van der Waals surface area contributed by atoms with Crippen LogP contribution in [-0.4, -0.2) is 9.97 Å². The Bertz CT molecular complexity index is 546. The molecule has 0 amide bonds. The van der Waals surface area contributed by atoms with Gasteiger partial charge in [-0.2, -0.15) is 0 Å². The van der Waals surface area contributed by atoms with E-state index in [1.807, 2.05) is 31.2 Å². The molecule has 0 spiro atoms. The van der Waals surface area contributed by atoms with E-state index in [4.69, 9.17) is 17.3 Å². The van der Waals surface area contributed by atoms with Crippen LogP contribution in [0.1, 0.15) is 24.0 Å². The van der Waals surface area contributed by atoms with Crippen LogP contribution < -0.4 is 5.73 Å². The first-order chi connectivity index (χ1) is 9.10. The van der Waals surface area contributed by atoms with E-state index in [0.29, 0.717) is 11.6 Å². The summed E-state index contributed by atoms with van der Waals surface area (Å²) in [5.74, 6) is 2.07. The number of aryl methyl sites for hydroxylation is 1. The molecule has 0 fully saturated rings. The quantitative estimate of drug-likeness (QED) is 0.869. The van der Waals surface area contributed by atoms with Gasteiger partial charge in [-0.3, -0.25) is 0 Å². The van der Waals surface area contributed by atoms with Gasteiger partial charge in [0.1, 0.15) is 11.6 Å². The Hall–Kier alpha value is -1.26. The summed E-state index contributed by atoms with van der Waals surface area (Å²) in [4.78, 5) is 10.00. The van der Waals surface area contributed by atoms with E-state index in [0.717, 1.165) is 33.4 Å². The second-order valence-electron chi connectivity index (χ2n) is 4.19. The number of nitrogens with two attached hydrogens (primary N) is 1. The molecular formula is C14H16ClN3S. The van der Waals surface area contributed by atoms with Crippen molar-refractivity contribution in [1.82, 2.24) is 9.97 Å². The Kier molecular flexibility index (Phi) is 4.66. The molecule has 2 aromatic rings. The molecule has 3 nitrogen and oxygen atoms in total. The second-order valence-corrected chi connectivity index (χ2v) is 5.67. The van der Waals surface area contributed by atoms with Crippen LogP contribution in [0.3, 0.4) is 0 Å². The van der Waals surface area contributed by atoms with Crippen LogP contribution in [-0.2, 0) is 12.2 Å². The maximum absolute atomic E-state index is 5.94. The molecule has 0 aliphatic heterocycles. The Morgan fingerprint density at radius 2 is 1.89 bits per heavy atom. The lowest BCUT2D eigenvalue weighted by Crippen LogP contribution is -2.06. The highest BCUT2D eigenvalue weighted by atomic mass is 35.5. The van der Waals surface area contributed by atoms with Gasteiger partial charge in [0.2, 0.25) is 0 Å². The predicted octanol–water partition coefficient (Wildman–Crippen LogP) is 3.88. The molecule has 0 aliphatic rings. The number of nitrogen functional groups attached to an aromatic ring is 1. The zero-order chi connectivity index (χ0) is 13.8. The average Bonchev–Trinajstić information content (AvgIpc) is 2.38. The van der Waals surface area contributed by atoms with E-state index in [2.05, 4.69) is 16.9 Å². The first kappa shape index (κ1) is 14.2. The Morgan fingerprint density at radius 3 is 2.47 bits per heavy atom. The Morgan fingerprint density at radius 1 is 1.21 bits per heavy atom. The first-order valence-corrected chi connectivity index (χ1v) is 7.46. The standard InChI is InChI=1S/C14H16ClN3S/c1-3-12-9(2)17-13(18-14(12)16)8-19-11-6-4-10(15)5-7-11/h4-7H,3,8H2,1-2H3,(H2,16,17,18). The summed E-state index contributed by atoms with van der Waals surface area (Å²) < 4.78 is 0. The smallest absolute Gasteiger partial charge is 0.141 e. The lowest BCUT2D eigenvalue weighted by atomic mass is 10.2.